The van der Waals surface area contributed by atoms with Gasteiger partial charge in [-0.25, -0.2) is 4.98 Å². The maximum atomic E-state index is 13.8. The molecule has 0 spiro atoms. The zero-order chi connectivity index (χ0) is 27.4. The van der Waals surface area contributed by atoms with Crippen molar-refractivity contribution in [2.45, 2.75) is 25.6 Å². The van der Waals surface area contributed by atoms with E-state index in [0.29, 0.717) is 6.42 Å². The van der Waals surface area contributed by atoms with Crippen molar-refractivity contribution in [3.8, 4) is 16.9 Å². The van der Waals surface area contributed by atoms with Crippen LogP contribution < -0.4 is 10.9 Å². The van der Waals surface area contributed by atoms with Gasteiger partial charge in [0.1, 0.15) is 0 Å². The van der Waals surface area contributed by atoms with Gasteiger partial charge in [-0.15, -0.1) is 0 Å². The van der Waals surface area contributed by atoms with E-state index in [2.05, 4.69) is 10.3 Å². The van der Waals surface area contributed by atoms with Crippen molar-refractivity contribution >= 4 is 22.8 Å². The molecule has 0 saturated carbocycles. The van der Waals surface area contributed by atoms with Crippen LogP contribution in [0.1, 0.15) is 28.0 Å². The van der Waals surface area contributed by atoms with Crippen molar-refractivity contribution in [1.29, 1.82) is 0 Å². The fourth-order valence-corrected chi connectivity index (χ4v) is 4.12. The number of carboxylic acid groups (broad SMARTS) is 1. The molecule has 2 aromatic heterocycles. The number of amides is 1. The van der Waals surface area contributed by atoms with E-state index in [9.17, 15) is 32.7 Å². The summed E-state index contributed by atoms with van der Waals surface area (Å²) in [6, 6.07) is 14.9. The summed E-state index contributed by atoms with van der Waals surface area (Å²) in [4.78, 5) is 40.8. The Bertz CT molecular complexity index is 1570. The van der Waals surface area contributed by atoms with Crippen molar-refractivity contribution in [3.63, 3.8) is 0 Å². The van der Waals surface area contributed by atoms with Crippen LogP contribution in [0.2, 0.25) is 0 Å². The first-order valence-electron chi connectivity index (χ1n) is 11.5. The Morgan fingerprint density at radius 3 is 2.37 bits per heavy atom. The number of benzene rings is 2. The van der Waals surface area contributed by atoms with Crippen LogP contribution >= 0.6 is 0 Å². The van der Waals surface area contributed by atoms with Gasteiger partial charge in [0.25, 0.3) is 11.5 Å². The second kappa shape index (κ2) is 10.8. The summed E-state index contributed by atoms with van der Waals surface area (Å²) >= 11 is 0. The molecule has 0 atom stereocenters. The van der Waals surface area contributed by atoms with Crippen molar-refractivity contribution in [3.05, 3.63) is 94.0 Å². The van der Waals surface area contributed by atoms with Gasteiger partial charge in [0, 0.05) is 24.0 Å². The molecule has 196 valence electrons. The van der Waals surface area contributed by atoms with E-state index in [1.165, 1.54) is 29.0 Å². The van der Waals surface area contributed by atoms with Gasteiger partial charge in [-0.1, -0.05) is 48.5 Å². The number of rotatable bonds is 8. The van der Waals surface area contributed by atoms with Crippen LogP contribution in [-0.2, 0) is 23.9 Å². The number of carbonyl (C=O) groups is 2. The molecule has 2 aromatic carbocycles. The summed E-state index contributed by atoms with van der Waals surface area (Å²) in [5, 5.41) is 22.0. The third-order valence-electron chi connectivity index (χ3n) is 5.96. The van der Waals surface area contributed by atoms with E-state index in [1.54, 1.807) is 0 Å². The van der Waals surface area contributed by atoms with Crippen molar-refractivity contribution < 1.29 is 33.0 Å². The number of hydrogen-bond acceptors (Lipinski definition) is 5. The Morgan fingerprint density at radius 2 is 1.68 bits per heavy atom. The van der Waals surface area contributed by atoms with Gasteiger partial charge in [-0.2, -0.15) is 13.2 Å². The lowest BCUT2D eigenvalue weighted by atomic mass is 9.98. The zero-order valence-electron chi connectivity index (χ0n) is 19.8. The van der Waals surface area contributed by atoms with Gasteiger partial charge in [0.15, 0.2) is 11.4 Å². The second-order valence-electron chi connectivity index (χ2n) is 8.45. The first kappa shape index (κ1) is 26.4. The summed E-state index contributed by atoms with van der Waals surface area (Å²) in [6.45, 7) is -0.166. The zero-order valence-corrected chi connectivity index (χ0v) is 19.8. The van der Waals surface area contributed by atoms with Crippen LogP contribution in [0.3, 0.4) is 0 Å². The molecular formula is C27H22F3N3O5. The van der Waals surface area contributed by atoms with Gasteiger partial charge in [0.05, 0.1) is 23.7 Å². The van der Waals surface area contributed by atoms with Gasteiger partial charge < -0.3 is 20.1 Å². The molecule has 2 heterocycles. The number of aliphatic carboxylic acids is 1. The van der Waals surface area contributed by atoms with Crippen LogP contribution in [0.25, 0.3) is 22.0 Å². The highest BCUT2D eigenvalue weighted by Crippen LogP contribution is 2.37. The number of aryl methyl sites for hydroxylation is 2. The normalized spacial score (nSPS) is 11.4. The second-order valence-corrected chi connectivity index (χ2v) is 8.45. The average Bonchev–Trinajstić information content (AvgIpc) is 2.88. The van der Waals surface area contributed by atoms with Crippen LogP contribution in [-0.4, -0.2) is 38.2 Å². The molecule has 0 radical (unpaired) electrons. The highest BCUT2D eigenvalue weighted by atomic mass is 19.4. The smallest absolute Gasteiger partial charge is 0.417 e. The lowest BCUT2D eigenvalue weighted by Gasteiger charge is -2.17. The number of nitrogens with one attached hydrogen (secondary N) is 1. The number of halogens is 3. The van der Waals surface area contributed by atoms with Gasteiger partial charge in [0.2, 0.25) is 0 Å². The predicted octanol–water partition coefficient (Wildman–Crippen LogP) is 4.24. The molecule has 0 aliphatic heterocycles. The molecule has 4 aromatic rings. The first-order valence-corrected chi connectivity index (χ1v) is 11.5. The highest BCUT2D eigenvalue weighted by Gasteiger charge is 2.34. The van der Waals surface area contributed by atoms with Gasteiger partial charge in [-0.05, 0) is 29.7 Å². The number of nitrogens with zero attached hydrogens (tertiary/aromatic N) is 2. The number of hydrogen-bond donors (Lipinski definition) is 3. The fraction of sp³-hybridized carbons (Fsp3) is 0.185. The number of aromatic hydroxyl groups is 1. The lowest BCUT2D eigenvalue weighted by molar-refractivity contribution is -0.137. The van der Waals surface area contributed by atoms with E-state index >= 15 is 0 Å². The monoisotopic (exact) mass is 525 g/mol. The third-order valence-corrected chi connectivity index (χ3v) is 5.96. The van der Waals surface area contributed by atoms with Crippen LogP contribution in [0.4, 0.5) is 13.2 Å². The molecule has 0 aliphatic rings. The molecule has 3 N–H and O–H groups in total. The standard InChI is InChI=1S/C27H22F3N3O5/c28-27(29,30)20-9-5-4-8-17(20)18-14-19-21(33(26(18)38)13-11-16-6-2-1-3-7-16)15-32-23(24(19)36)25(37)31-12-10-22(34)35/h1-9,14-15,36H,10-13H2,(H,31,37)(H,34,35). The third kappa shape index (κ3) is 5.51. The van der Waals surface area contributed by atoms with Crippen LogP contribution in [0.15, 0.2) is 71.7 Å². The van der Waals surface area contributed by atoms with E-state index in [-0.39, 0.29) is 41.5 Å². The van der Waals surface area contributed by atoms with Gasteiger partial charge in [-0.3, -0.25) is 14.4 Å². The number of alkyl halides is 3. The van der Waals surface area contributed by atoms with E-state index in [1.807, 2.05) is 30.3 Å². The molecular weight excluding hydrogens is 503 g/mol. The minimum absolute atomic E-state index is 0.0528. The SMILES string of the molecule is O=C(O)CCNC(=O)c1ncc2c(cc(-c3ccccc3C(F)(F)F)c(=O)n2CCc2ccccc2)c1O. The Labute approximate surface area is 214 Å². The van der Waals surface area contributed by atoms with Crippen molar-refractivity contribution in [2.24, 2.45) is 0 Å². The number of fused-ring (bicyclic) bond motifs is 1. The van der Waals surface area contributed by atoms with E-state index in [4.69, 9.17) is 5.11 Å². The first-order chi connectivity index (χ1) is 18.1. The highest BCUT2D eigenvalue weighted by molar-refractivity contribution is 6.01. The molecule has 0 aliphatic carbocycles. The average molecular weight is 525 g/mol. The molecule has 38 heavy (non-hydrogen) atoms. The summed E-state index contributed by atoms with van der Waals surface area (Å²) < 4.78 is 42.7. The molecule has 4 rings (SSSR count). The fourth-order valence-electron chi connectivity index (χ4n) is 4.12. The largest absolute Gasteiger partial charge is 0.505 e. The lowest BCUT2D eigenvalue weighted by Crippen LogP contribution is -2.28. The summed E-state index contributed by atoms with van der Waals surface area (Å²) in [6.07, 6.45) is -3.56. The summed E-state index contributed by atoms with van der Waals surface area (Å²) in [5.41, 5.74) is -1.87. The number of carbonyl (C=O) groups excluding carboxylic acids is 1. The molecule has 8 nitrogen and oxygen atoms in total. The topological polar surface area (TPSA) is 122 Å². The summed E-state index contributed by atoms with van der Waals surface area (Å²) in [7, 11) is 0. The van der Waals surface area contributed by atoms with E-state index < -0.39 is 40.6 Å². The molecule has 0 bridgehead atoms. The summed E-state index contributed by atoms with van der Waals surface area (Å²) in [5.74, 6) is -2.66. The maximum Gasteiger partial charge on any atom is 0.417 e. The quantitative estimate of drug-likeness (QED) is 0.317. The number of aromatic nitrogens is 2. The molecule has 0 fully saturated rings. The Morgan fingerprint density at radius 1 is 1.00 bits per heavy atom. The molecule has 0 unspecified atom stereocenters. The molecule has 0 saturated heterocycles. The predicted molar refractivity (Wildman–Crippen MR) is 133 cm³/mol. The van der Waals surface area contributed by atoms with Crippen LogP contribution in [0.5, 0.6) is 5.75 Å². The van der Waals surface area contributed by atoms with Gasteiger partial charge >= 0.3 is 12.1 Å². The number of pyridine rings is 2. The Kier molecular flexibility index (Phi) is 7.47. The Balaban J connectivity index is 1.90. The van der Waals surface area contributed by atoms with Crippen LogP contribution in [0, 0.1) is 0 Å². The molecule has 1 amide bonds. The minimum atomic E-state index is -4.75. The maximum absolute atomic E-state index is 13.8. The van der Waals surface area contributed by atoms with Crippen molar-refractivity contribution in [1.82, 2.24) is 14.9 Å². The van der Waals surface area contributed by atoms with Crippen molar-refractivity contribution in [2.75, 3.05) is 6.54 Å². The molecule has 11 heteroatoms. The van der Waals surface area contributed by atoms with E-state index in [0.717, 1.165) is 17.7 Å². The minimum Gasteiger partial charge on any atom is -0.505 e. The number of carboxylic acids is 1. The Hall–Kier alpha value is -4.67.